The molecule has 8 heteroatoms. The van der Waals surface area contributed by atoms with Gasteiger partial charge in [0.1, 0.15) is 0 Å². The molecule has 0 saturated heterocycles. The normalized spacial score (nSPS) is 13.2. The molecule has 1 heterocycles. The molecule has 0 aliphatic carbocycles. The zero-order valence-electron chi connectivity index (χ0n) is 18.1. The second-order valence-corrected chi connectivity index (χ2v) is 9.91. The lowest BCUT2D eigenvalue weighted by Crippen LogP contribution is -2.30. The lowest BCUT2D eigenvalue weighted by atomic mass is 10.0. The number of carbonyl (C=O) groups is 2. The number of carbonyl (C=O) groups excluding carboxylic acids is 2. The maximum atomic E-state index is 12.3. The highest BCUT2D eigenvalue weighted by atomic mass is 32.2. The zero-order chi connectivity index (χ0) is 22.6. The van der Waals surface area contributed by atoms with E-state index in [1.165, 1.54) is 15.9 Å². The number of nitrogens with zero attached hydrogens (tertiary/aromatic N) is 1. The fourth-order valence-corrected chi connectivity index (χ4v) is 4.48. The van der Waals surface area contributed by atoms with Crippen molar-refractivity contribution in [1.29, 1.82) is 0 Å². The lowest BCUT2D eigenvalue weighted by molar-refractivity contribution is -0.124. The van der Waals surface area contributed by atoms with Gasteiger partial charge in [-0.05, 0) is 53.6 Å². The topological polar surface area (TPSA) is 92.8 Å². The van der Waals surface area contributed by atoms with E-state index in [9.17, 15) is 18.0 Å². The van der Waals surface area contributed by atoms with Crippen LogP contribution in [-0.4, -0.2) is 46.2 Å². The summed E-state index contributed by atoms with van der Waals surface area (Å²) in [4.78, 5) is 24.3. The van der Waals surface area contributed by atoms with Gasteiger partial charge in [-0.1, -0.05) is 38.1 Å². The molecule has 0 fully saturated rings. The van der Waals surface area contributed by atoms with Crippen LogP contribution in [0.4, 0.5) is 5.69 Å². The summed E-state index contributed by atoms with van der Waals surface area (Å²) < 4.78 is 30.0. The smallest absolute Gasteiger partial charge is 0.338 e. The van der Waals surface area contributed by atoms with E-state index >= 15 is 0 Å². The van der Waals surface area contributed by atoms with Crippen molar-refractivity contribution in [3.05, 3.63) is 64.7 Å². The SMILES string of the molecule is CC(C)c1ccc(CCNC(=O)COC(=O)c2ccc3c(c2)CCN3S(C)(=O)=O)cc1. The van der Waals surface area contributed by atoms with Crippen molar-refractivity contribution >= 4 is 27.6 Å². The minimum Gasteiger partial charge on any atom is -0.452 e. The van der Waals surface area contributed by atoms with Crippen molar-refractivity contribution in [2.75, 3.05) is 30.3 Å². The molecule has 2 aromatic rings. The van der Waals surface area contributed by atoms with Gasteiger partial charge in [-0.2, -0.15) is 0 Å². The molecule has 0 radical (unpaired) electrons. The number of fused-ring (bicyclic) bond motifs is 1. The fraction of sp³-hybridized carbons (Fsp3) is 0.391. The lowest BCUT2D eigenvalue weighted by Gasteiger charge is -2.16. The standard InChI is InChI=1S/C23H28N2O5S/c1-16(2)18-6-4-17(5-7-18)10-12-24-22(26)15-30-23(27)20-8-9-21-19(14-20)11-13-25(21)31(3,28)29/h4-9,14,16H,10-13,15H2,1-3H3,(H,24,26). The number of esters is 1. The first-order chi connectivity index (χ1) is 14.6. The van der Waals surface area contributed by atoms with E-state index < -0.39 is 16.0 Å². The number of benzene rings is 2. The Morgan fingerprint density at radius 3 is 2.48 bits per heavy atom. The molecule has 3 rings (SSSR count). The minimum atomic E-state index is -3.34. The first-order valence-corrected chi connectivity index (χ1v) is 12.1. The average molecular weight is 445 g/mol. The molecule has 0 aromatic heterocycles. The second kappa shape index (κ2) is 9.51. The first kappa shape index (κ1) is 22.8. The molecule has 2 aromatic carbocycles. The molecular formula is C23H28N2O5S. The van der Waals surface area contributed by atoms with Gasteiger partial charge in [-0.25, -0.2) is 13.2 Å². The molecular weight excluding hydrogens is 416 g/mol. The van der Waals surface area contributed by atoms with Gasteiger partial charge in [0, 0.05) is 13.1 Å². The third kappa shape index (κ3) is 5.85. The number of anilines is 1. The summed E-state index contributed by atoms with van der Waals surface area (Å²) in [6.07, 6.45) is 2.38. The molecule has 0 unspecified atom stereocenters. The van der Waals surface area contributed by atoms with Crippen molar-refractivity contribution in [1.82, 2.24) is 5.32 Å². The van der Waals surface area contributed by atoms with Crippen LogP contribution in [0.3, 0.4) is 0 Å². The maximum absolute atomic E-state index is 12.3. The summed E-state index contributed by atoms with van der Waals surface area (Å²) in [7, 11) is -3.34. The molecule has 1 aliphatic heterocycles. The summed E-state index contributed by atoms with van der Waals surface area (Å²) in [6, 6.07) is 13.0. The van der Waals surface area contributed by atoms with Crippen LogP contribution in [0.5, 0.6) is 0 Å². The number of hydrogen-bond acceptors (Lipinski definition) is 5. The predicted octanol–water partition coefficient (Wildman–Crippen LogP) is 2.65. The Morgan fingerprint density at radius 1 is 1.13 bits per heavy atom. The summed E-state index contributed by atoms with van der Waals surface area (Å²) >= 11 is 0. The van der Waals surface area contributed by atoms with Gasteiger partial charge in [0.2, 0.25) is 10.0 Å². The molecule has 1 aliphatic rings. The van der Waals surface area contributed by atoms with Crippen LogP contribution >= 0.6 is 0 Å². The number of hydrogen-bond donors (Lipinski definition) is 1. The fourth-order valence-electron chi connectivity index (χ4n) is 3.52. The van der Waals surface area contributed by atoms with E-state index in [2.05, 4.69) is 43.4 Å². The van der Waals surface area contributed by atoms with Gasteiger partial charge in [0.15, 0.2) is 6.61 Å². The van der Waals surface area contributed by atoms with Gasteiger partial charge < -0.3 is 10.1 Å². The summed E-state index contributed by atoms with van der Waals surface area (Å²) in [5.74, 6) is -0.496. The molecule has 1 amide bonds. The van der Waals surface area contributed by atoms with Crippen LogP contribution in [0.25, 0.3) is 0 Å². The van der Waals surface area contributed by atoms with Gasteiger partial charge >= 0.3 is 5.97 Å². The maximum Gasteiger partial charge on any atom is 0.338 e. The van der Waals surface area contributed by atoms with Gasteiger partial charge in [0.05, 0.1) is 17.5 Å². The molecule has 31 heavy (non-hydrogen) atoms. The van der Waals surface area contributed by atoms with E-state index in [0.717, 1.165) is 17.4 Å². The molecule has 166 valence electrons. The molecule has 0 spiro atoms. The molecule has 7 nitrogen and oxygen atoms in total. The average Bonchev–Trinajstić information content (AvgIpc) is 3.16. The monoisotopic (exact) mass is 444 g/mol. The highest BCUT2D eigenvalue weighted by molar-refractivity contribution is 7.92. The van der Waals surface area contributed by atoms with Gasteiger partial charge in [-0.3, -0.25) is 9.10 Å². The second-order valence-electron chi connectivity index (χ2n) is 8.00. The highest BCUT2D eigenvalue weighted by Crippen LogP contribution is 2.30. The Morgan fingerprint density at radius 2 is 1.84 bits per heavy atom. The van der Waals surface area contributed by atoms with Crippen LogP contribution < -0.4 is 9.62 Å². The summed E-state index contributed by atoms with van der Waals surface area (Å²) in [6.45, 7) is 4.73. The number of amides is 1. The molecule has 0 saturated carbocycles. The van der Waals surface area contributed by atoms with E-state index in [-0.39, 0.29) is 12.5 Å². The number of ether oxygens (including phenoxy) is 1. The van der Waals surface area contributed by atoms with Gasteiger partial charge in [0.25, 0.3) is 5.91 Å². The van der Waals surface area contributed by atoms with Crippen LogP contribution in [0.1, 0.15) is 46.8 Å². The van der Waals surface area contributed by atoms with Crippen molar-refractivity contribution < 1.29 is 22.7 Å². The van der Waals surface area contributed by atoms with Crippen molar-refractivity contribution in [3.8, 4) is 0 Å². The van der Waals surface area contributed by atoms with Crippen molar-refractivity contribution in [2.24, 2.45) is 0 Å². The quantitative estimate of drug-likeness (QED) is 0.632. The Labute approximate surface area is 183 Å². The van der Waals surface area contributed by atoms with E-state index in [1.807, 2.05) is 0 Å². The van der Waals surface area contributed by atoms with Crippen LogP contribution in [0.2, 0.25) is 0 Å². The van der Waals surface area contributed by atoms with Gasteiger partial charge in [-0.15, -0.1) is 0 Å². The minimum absolute atomic E-state index is 0.298. The first-order valence-electron chi connectivity index (χ1n) is 10.3. The van der Waals surface area contributed by atoms with Crippen LogP contribution in [0, 0.1) is 0 Å². The van der Waals surface area contributed by atoms with Crippen molar-refractivity contribution in [2.45, 2.75) is 32.6 Å². The van der Waals surface area contributed by atoms with E-state index in [0.29, 0.717) is 43.1 Å². The predicted molar refractivity (Wildman–Crippen MR) is 120 cm³/mol. The summed E-state index contributed by atoms with van der Waals surface area (Å²) in [5.41, 5.74) is 4.05. The summed E-state index contributed by atoms with van der Waals surface area (Å²) in [5, 5.41) is 2.75. The third-order valence-corrected chi connectivity index (χ3v) is 6.46. The Hall–Kier alpha value is -2.87. The number of sulfonamides is 1. The molecule has 0 atom stereocenters. The van der Waals surface area contributed by atoms with E-state index in [1.54, 1.807) is 12.1 Å². The van der Waals surface area contributed by atoms with Crippen molar-refractivity contribution in [3.63, 3.8) is 0 Å². The Balaban J connectivity index is 1.46. The van der Waals surface area contributed by atoms with E-state index in [4.69, 9.17) is 4.74 Å². The largest absolute Gasteiger partial charge is 0.452 e. The van der Waals surface area contributed by atoms with Crippen LogP contribution in [0.15, 0.2) is 42.5 Å². The zero-order valence-corrected chi connectivity index (χ0v) is 18.9. The Bertz CT molecular complexity index is 1060. The van der Waals surface area contributed by atoms with Crippen LogP contribution in [-0.2, 0) is 32.4 Å². The highest BCUT2D eigenvalue weighted by Gasteiger charge is 2.27. The number of rotatable bonds is 8. The Kier molecular flexibility index (Phi) is 7.00. The number of nitrogens with one attached hydrogen (secondary N) is 1. The third-order valence-electron chi connectivity index (χ3n) is 5.29. The molecule has 0 bridgehead atoms. The molecule has 1 N–H and O–H groups in total.